The average Bonchev–Trinajstić information content (AvgIpc) is 3.43. The Hall–Kier alpha value is -3.59. The van der Waals surface area contributed by atoms with E-state index >= 15 is 0 Å². The molecule has 9 heteroatoms. The summed E-state index contributed by atoms with van der Waals surface area (Å²) in [5.74, 6) is 0.277. The van der Waals surface area contributed by atoms with Gasteiger partial charge in [0.15, 0.2) is 5.82 Å². The summed E-state index contributed by atoms with van der Waals surface area (Å²) >= 11 is 1.48. The second-order valence-electron chi connectivity index (χ2n) is 6.02. The Bertz CT molecular complexity index is 1110. The lowest BCUT2D eigenvalue weighted by atomic mass is 10.3. The van der Waals surface area contributed by atoms with Crippen LogP contribution in [0.2, 0.25) is 0 Å². The van der Waals surface area contributed by atoms with Crippen LogP contribution in [0.15, 0.2) is 60.1 Å². The molecule has 146 valence electrons. The Kier molecular flexibility index (Phi) is 5.30. The number of carbonyl (C=O) groups is 1. The summed E-state index contributed by atoms with van der Waals surface area (Å²) in [7, 11) is 1.54. The van der Waals surface area contributed by atoms with E-state index in [0.29, 0.717) is 17.4 Å². The van der Waals surface area contributed by atoms with Crippen molar-refractivity contribution in [2.24, 2.45) is 0 Å². The third-order valence-electron chi connectivity index (χ3n) is 4.08. The highest BCUT2D eigenvalue weighted by Crippen LogP contribution is 2.25. The van der Waals surface area contributed by atoms with Gasteiger partial charge in [-0.3, -0.25) is 4.79 Å². The van der Waals surface area contributed by atoms with Crippen LogP contribution in [-0.2, 0) is 6.54 Å². The number of aromatic nitrogens is 4. The second kappa shape index (κ2) is 8.19. The van der Waals surface area contributed by atoms with Gasteiger partial charge in [0.05, 0.1) is 17.7 Å². The smallest absolute Gasteiger partial charge is 0.291 e. The van der Waals surface area contributed by atoms with Crippen molar-refractivity contribution in [3.63, 3.8) is 0 Å². The summed E-state index contributed by atoms with van der Waals surface area (Å²) in [5.41, 5.74) is 1.43. The van der Waals surface area contributed by atoms with Crippen molar-refractivity contribution in [1.29, 1.82) is 0 Å². The standard InChI is InChI=1S/C20H16FN5O2S/c1-28-17-9-4-13(11-22-17)12-23-20(27)18-24-19(16-3-2-10-29-16)26(25-18)15-7-5-14(21)6-8-15/h2-11H,12H2,1H3,(H,23,27). The average molecular weight is 409 g/mol. The molecule has 0 atom stereocenters. The first-order chi connectivity index (χ1) is 14.1. The number of benzene rings is 1. The van der Waals surface area contributed by atoms with Crippen molar-refractivity contribution in [2.75, 3.05) is 7.11 Å². The number of ether oxygens (including phenoxy) is 1. The number of amides is 1. The highest BCUT2D eigenvalue weighted by atomic mass is 32.1. The van der Waals surface area contributed by atoms with Crippen LogP contribution in [-0.4, -0.2) is 32.8 Å². The lowest BCUT2D eigenvalue weighted by Gasteiger charge is -2.04. The number of hydrogen-bond acceptors (Lipinski definition) is 6. The zero-order valence-corrected chi connectivity index (χ0v) is 16.2. The minimum Gasteiger partial charge on any atom is -0.481 e. The maximum Gasteiger partial charge on any atom is 0.291 e. The SMILES string of the molecule is COc1ccc(CNC(=O)c2nc(-c3cccs3)n(-c3ccc(F)cc3)n2)cn1. The van der Waals surface area contributed by atoms with Crippen molar-refractivity contribution in [3.8, 4) is 22.3 Å². The lowest BCUT2D eigenvalue weighted by molar-refractivity contribution is 0.0940. The molecule has 1 N–H and O–H groups in total. The monoisotopic (exact) mass is 409 g/mol. The quantitative estimate of drug-likeness (QED) is 0.527. The first-order valence-corrected chi connectivity index (χ1v) is 9.56. The normalized spacial score (nSPS) is 10.7. The number of thiophene rings is 1. The van der Waals surface area contributed by atoms with E-state index in [1.54, 1.807) is 24.4 Å². The van der Waals surface area contributed by atoms with Gasteiger partial charge in [-0.25, -0.2) is 19.0 Å². The van der Waals surface area contributed by atoms with Crippen molar-refractivity contribution in [2.45, 2.75) is 6.54 Å². The van der Waals surface area contributed by atoms with Gasteiger partial charge in [-0.2, -0.15) is 0 Å². The fourth-order valence-corrected chi connectivity index (χ4v) is 3.33. The van der Waals surface area contributed by atoms with Crippen LogP contribution in [0.25, 0.3) is 16.4 Å². The van der Waals surface area contributed by atoms with E-state index < -0.39 is 5.91 Å². The van der Waals surface area contributed by atoms with Crippen molar-refractivity contribution < 1.29 is 13.9 Å². The summed E-state index contributed by atoms with van der Waals surface area (Å²) in [4.78, 5) is 22.0. The molecule has 0 aliphatic rings. The van der Waals surface area contributed by atoms with Crippen molar-refractivity contribution in [1.82, 2.24) is 25.1 Å². The molecule has 0 saturated carbocycles. The van der Waals surface area contributed by atoms with E-state index in [9.17, 15) is 9.18 Å². The molecule has 0 unspecified atom stereocenters. The van der Waals surface area contributed by atoms with Gasteiger partial charge in [0.2, 0.25) is 11.7 Å². The minimum absolute atomic E-state index is 0.0270. The van der Waals surface area contributed by atoms with E-state index in [0.717, 1.165) is 10.4 Å². The van der Waals surface area contributed by atoms with E-state index in [1.165, 1.54) is 35.3 Å². The fraction of sp³-hybridized carbons (Fsp3) is 0.100. The van der Waals surface area contributed by atoms with Crippen LogP contribution >= 0.6 is 11.3 Å². The lowest BCUT2D eigenvalue weighted by Crippen LogP contribution is -2.24. The van der Waals surface area contributed by atoms with Gasteiger partial charge in [0, 0.05) is 18.8 Å². The summed E-state index contributed by atoms with van der Waals surface area (Å²) in [6.07, 6.45) is 1.63. The fourth-order valence-electron chi connectivity index (χ4n) is 2.63. The summed E-state index contributed by atoms with van der Waals surface area (Å²) in [5, 5.41) is 9.04. The number of hydrogen-bond donors (Lipinski definition) is 1. The van der Waals surface area contributed by atoms with Crippen LogP contribution in [0.3, 0.4) is 0 Å². The van der Waals surface area contributed by atoms with Crippen LogP contribution in [0.4, 0.5) is 4.39 Å². The number of pyridine rings is 1. The zero-order valence-electron chi connectivity index (χ0n) is 15.4. The Morgan fingerprint density at radius 1 is 1.21 bits per heavy atom. The molecular weight excluding hydrogens is 393 g/mol. The van der Waals surface area contributed by atoms with Gasteiger partial charge in [0.1, 0.15) is 5.82 Å². The molecule has 0 radical (unpaired) electrons. The van der Waals surface area contributed by atoms with Crippen LogP contribution in [0.1, 0.15) is 16.2 Å². The molecular formula is C20H16FN5O2S. The number of nitrogens with one attached hydrogen (secondary N) is 1. The van der Waals surface area contributed by atoms with E-state index in [-0.39, 0.29) is 18.2 Å². The molecule has 0 bridgehead atoms. The van der Waals surface area contributed by atoms with Crippen molar-refractivity contribution in [3.05, 3.63) is 77.3 Å². The highest BCUT2D eigenvalue weighted by molar-refractivity contribution is 7.13. The van der Waals surface area contributed by atoms with Crippen LogP contribution < -0.4 is 10.1 Å². The molecule has 1 amide bonds. The van der Waals surface area contributed by atoms with Gasteiger partial charge in [-0.15, -0.1) is 16.4 Å². The van der Waals surface area contributed by atoms with Crippen molar-refractivity contribution >= 4 is 17.2 Å². The Balaban J connectivity index is 1.59. The van der Waals surface area contributed by atoms with Gasteiger partial charge in [-0.1, -0.05) is 12.1 Å². The Labute approximate surface area is 169 Å². The summed E-state index contributed by atoms with van der Waals surface area (Å²) in [6, 6.07) is 13.2. The zero-order chi connectivity index (χ0) is 20.2. The molecule has 0 aliphatic heterocycles. The van der Waals surface area contributed by atoms with E-state index in [1.807, 2.05) is 23.6 Å². The molecule has 0 spiro atoms. The molecule has 7 nitrogen and oxygen atoms in total. The number of nitrogens with zero attached hydrogens (tertiary/aromatic N) is 4. The Morgan fingerprint density at radius 3 is 2.69 bits per heavy atom. The number of rotatable bonds is 6. The molecule has 0 aliphatic carbocycles. The molecule has 29 heavy (non-hydrogen) atoms. The van der Waals surface area contributed by atoms with Gasteiger partial charge in [-0.05, 0) is 41.3 Å². The first kappa shape index (κ1) is 18.8. The summed E-state index contributed by atoms with van der Waals surface area (Å²) < 4.78 is 19.9. The predicted molar refractivity (Wildman–Crippen MR) is 107 cm³/mol. The minimum atomic E-state index is -0.417. The van der Waals surface area contributed by atoms with Gasteiger partial charge >= 0.3 is 0 Å². The van der Waals surface area contributed by atoms with E-state index in [4.69, 9.17) is 4.74 Å². The molecule has 4 rings (SSSR count). The summed E-state index contributed by atoms with van der Waals surface area (Å²) in [6.45, 7) is 0.273. The van der Waals surface area contributed by atoms with Crippen LogP contribution in [0, 0.1) is 5.82 Å². The highest BCUT2D eigenvalue weighted by Gasteiger charge is 2.19. The topological polar surface area (TPSA) is 81.9 Å². The molecule has 4 aromatic rings. The number of halogens is 1. The Morgan fingerprint density at radius 2 is 2.03 bits per heavy atom. The molecule has 0 fully saturated rings. The largest absolute Gasteiger partial charge is 0.481 e. The number of carbonyl (C=O) groups excluding carboxylic acids is 1. The van der Waals surface area contributed by atoms with Crippen LogP contribution in [0.5, 0.6) is 5.88 Å². The third-order valence-corrected chi connectivity index (χ3v) is 4.95. The second-order valence-corrected chi connectivity index (χ2v) is 6.96. The maximum absolute atomic E-state index is 13.3. The first-order valence-electron chi connectivity index (χ1n) is 8.68. The molecule has 1 aromatic carbocycles. The van der Waals surface area contributed by atoms with E-state index in [2.05, 4.69) is 20.4 Å². The molecule has 3 aromatic heterocycles. The number of methoxy groups -OCH3 is 1. The predicted octanol–water partition coefficient (Wildman–Crippen LogP) is 3.47. The molecule has 0 saturated heterocycles. The van der Waals surface area contributed by atoms with Gasteiger partial charge in [0.25, 0.3) is 5.91 Å². The third kappa shape index (κ3) is 4.14. The van der Waals surface area contributed by atoms with Gasteiger partial charge < -0.3 is 10.1 Å². The molecule has 3 heterocycles. The maximum atomic E-state index is 13.3.